The van der Waals surface area contributed by atoms with Crippen LogP contribution in [0.3, 0.4) is 0 Å². The van der Waals surface area contributed by atoms with E-state index in [0.29, 0.717) is 0 Å². The third kappa shape index (κ3) is 6.16. The first-order chi connectivity index (χ1) is 4.83. The first-order valence-corrected chi connectivity index (χ1v) is 7.91. The minimum atomic E-state index is -3.66. The van der Waals surface area contributed by atoms with E-state index >= 15 is 0 Å². The molecule has 0 aromatic heterocycles. The summed E-state index contributed by atoms with van der Waals surface area (Å²) in [5, 5.41) is 8.31. The van der Waals surface area contributed by atoms with E-state index in [0.717, 1.165) is 0 Å². The Labute approximate surface area is 67.2 Å². The molecule has 11 heavy (non-hydrogen) atoms. The summed E-state index contributed by atoms with van der Waals surface area (Å²) in [6.45, 7) is 0. The van der Waals surface area contributed by atoms with Crippen molar-refractivity contribution in [2.45, 2.75) is 23.4 Å². The van der Waals surface area contributed by atoms with Gasteiger partial charge < -0.3 is 0 Å². The van der Waals surface area contributed by atoms with Gasteiger partial charge >= 0.3 is 66.7 Å². The van der Waals surface area contributed by atoms with Crippen molar-refractivity contribution in [1.29, 1.82) is 0 Å². The number of hydrogen-bond acceptors (Lipinski definition) is 3. The van der Waals surface area contributed by atoms with E-state index in [4.69, 9.17) is 14.9 Å². The van der Waals surface area contributed by atoms with Crippen molar-refractivity contribution < 1.29 is 17.7 Å². The van der Waals surface area contributed by atoms with Crippen molar-refractivity contribution in [3.05, 3.63) is 0 Å². The summed E-state index contributed by atoms with van der Waals surface area (Å²) < 4.78 is 19.5. The molecular formula is C5H12AsNO4. The van der Waals surface area contributed by atoms with E-state index in [9.17, 15) is 8.53 Å². The molecule has 0 aliphatic heterocycles. The molecule has 0 rings (SSSR count). The molecule has 2 atom stereocenters. The zero-order valence-corrected chi connectivity index (χ0v) is 8.10. The molecule has 0 aromatic carbocycles. The van der Waals surface area contributed by atoms with Crippen molar-refractivity contribution >= 4 is 19.8 Å². The Morgan fingerprint density at radius 1 is 1.73 bits per heavy atom. The van der Waals surface area contributed by atoms with E-state index < -0.39 is 25.8 Å². The SMILES string of the molecule is C[As](=O)(O)CC[C@H](N)C(=O)O. The van der Waals surface area contributed by atoms with Crippen LogP contribution in [0.2, 0.25) is 10.9 Å². The van der Waals surface area contributed by atoms with Crippen LogP contribution < -0.4 is 5.73 Å². The first-order valence-electron chi connectivity index (χ1n) is 3.10. The quantitative estimate of drug-likeness (QED) is 0.548. The molecule has 0 aliphatic rings. The Hall–Kier alpha value is -0.252. The molecular weight excluding hydrogens is 213 g/mol. The third-order valence-electron chi connectivity index (χ3n) is 1.17. The van der Waals surface area contributed by atoms with Crippen LogP contribution in [0.1, 0.15) is 6.42 Å². The molecule has 0 aromatic rings. The van der Waals surface area contributed by atoms with Crippen LogP contribution in [-0.4, -0.2) is 35.0 Å². The summed E-state index contributed by atoms with van der Waals surface area (Å²) in [6, 6.07) is -1.02. The molecule has 4 N–H and O–H groups in total. The van der Waals surface area contributed by atoms with Gasteiger partial charge in [-0.1, -0.05) is 0 Å². The Kier molecular flexibility index (Phi) is 3.86. The average molecular weight is 225 g/mol. The van der Waals surface area contributed by atoms with Crippen molar-refractivity contribution in [2.24, 2.45) is 5.73 Å². The molecule has 0 saturated carbocycles. The van der Waals surface area contributed by atoms with Gasteiger partial charge in [-0.15, -0.1) is 0 Å². The fourth-order valence-electron chi connectivity index (χ4n) is 0.502. The fourth-order valence-corrected chi connectivity index (χ4v) is 2.09. The van der Waals surface area contributed by atoms with Crippen molar-refractivity contribution in [3.8, 4) is 0 Å². The maximum atomic E-state index is 10.7. The van der Waals surface area contributed by atoms with Gasteiger partial charge in [-0.25, -0.2) is 0 Å². The predicted molar refractivity (Wildman–Crippen MR) is 39.6 cm³/mol. The number of carboxylic acids is 1. The minimum absolute atomic E-state index is 0.0196. The number of aliphatic carboxylic acids is 1. The van der Waals surface area contributed by atoms with Gasteiger partial charge in [0.05, 0.1) is 0 Å². The summed E-state index contributed by atoms with van der Waals surface area (Å²) in [7, 11) is 0. The van der Waals surface area contributed by atoms with Crippen LogP contribution >= 0.6 is 0 Å². The van der Waals surface area contributed by atoms with Gasteiger partial charge in [0.25, 0.3) is 0 Å². The molecule has 6 heteroatoms. The van der Waals surface area contributed by atoms with E-state index in [-0.39, 0.29) is 11.6 Å². The molecule has 0 saturated heterocycles. The third-order valence-corrected chi connectivity index (χ3v) is 3.45. The monoisotopic (exact) mass is 225 g/mol. The average Bonchev–Trinajstić information content (AvgIpc) is 1.80. The summed E-state index contributed by atoms with van der Waals surface area (Å²) in [4.78, 5) is 10.1. The topological polar surface area (TPSA) is 101 Å². The zero-order valence-electron chi connectivity index (χ0n) is 6.23. The standard InChI is InChI=1S/C5H12AsNO4/c1-6(10,11)3-2-4(7)5(8)9/h4H,2-3,7H2,1H3,(H,8,9)(H,10,11)/t4-/m0/s1. The van der Waals surface area contributed by atoms with Gasteiger partial charge in [0.1, 0.15) is 0 Å². The molecule has 5 nitrogen and oxygen atoms in total. The number of carbonyl (C=O) groups is 1. The summed E-state index contributed by atoms with van der Waals surface area (Å²) in [5.74, 6) is -1.13. The Morgan fingerprint density at radius 2 is 2.18 bits per heavy atom. The molecule has 1 unspecified atom stereocenters. The van der Waals surface area contributed by atoms with Gasteiger partial charge in [-0.3, -0.25) is 0 Å². The summed E-state index contributed by atoms with van der Waals surface area (Å²) >= 11 is -3.66. The van der Waals surface area contributed by atoms with E-state index in [1.807, 2.05) is 0 Å². The van der Waals surface area contributed by atoms with Crippen LogP contribution in [0.5, 0.6) is 0 Å². The normalized spacial score (nSPS) is 18.8. The van der Waals surface area contributed by atoms with Gasteiger partial charge in [0.15, 0.2) is 0 Å². The Morgan fingerprint density at radius 3 is 2.45 bits per heavy atom. The number of hydrogen-bond donors (Lipinski definition) is 3. The second-order valence-corrected chi connectivity index (χ2v) is 7.86. The molecule has 0 amide bonds. The molecule has 0 bridgehead atoms. The van der Waals surface area contributed by atoms with Crippen LogP contribution in [0.15, 0.2) is 0 Å². The van der Waals surface area contributed by atoms with Gasteiger partial charge in [-0.05, 0) is 0 Å². The van der Waals surface area contributed by atoms with E-state index in [1.165, 1.54) is 5.71 Å². The predicted octanol–water partition coefficient (Wildman–Crippen LogP) is -0.717. The van der Waals surface area contributed by atoms with Crippen molar-refractivity contribution in [2.75, 3.05) is 0 Å². The molecule has 0 radical (unpaired) electrons. The number of carboxylic acid groups (broad SMARTS) is 1. The van der Waals surface area contributed by atoms with Crippen molar-refractivity contribution in [3.63, 3.8) is 0 Å². The molecule has 0 heterocycles. The van der Waals surface area contributed by atoms with Crippen LogP contribution in [-0.2, 0) is 8.53 Å². The maximum absolute atomic E-state index is 10.7. The molecule has 0 aliphatic carbocycles. The zero-order chi connectivity index (χ0) is 9.07. The molecule has 0 fully saturated rings. The van der Waals surface area contributed by atoms with Gasteiger partial charge in [-0.2, -0.15) is 0 Å². The number of rotatable bonds is 4. The van der Waals surface area contributed by atoms with Gasteiger partial charge in [0.2, 0.25) is 0 Å². The number of nitrogens with two attached hydrogens (primary N) is 1. The molecule has 0 spiro atoms. The fraction of sp³-hybridized carbons (Fsp3) is 0.800. The summed E-state index contributed by atoms with van der Waals surface area (Å²) in [6.07, 6.45) is 0.0683. The first kappa shape index (κ1) is 10.7. The van der Waals surface area contributed by atoms with Crippen LogP contribution in [0.4, 0.5) is 0 Å². The van der Waals surface area contributed by atoms with Crippen molar-refractivity contribution in [1.82, 2.24) is 0 Å². The second kappa shape index (κ2) is 3.95. The summed E-state index contributed by atoms with van der Waals surface area (Å²) in [5.41, 5.74) is 6.34. The Bertz CT molecular complexity index is 187. The Balaban J connectivity index is 3.72. The van der Waals surface area contributed by atoms with Crippen LogP contribution in [0.25, 0.3) is 0 Å². The second-order valence-electron chi connectivity index (χ2n) is 2.51. The van der Waals surface area contributed by atoms with E-state index in [1.54, 1.807) is 0 Å². The molecule has 66 valence electrons. The van der Waals surface area contributed by atoms with E-state index in [2.05, 4.69) is 0 Å². The van der Waals surface area contributed by atoms with Crippen LogP contribution in [0, 0.1) is 0 Å². The van der Waals surface area contributed by atoms with Gasteiger partial charge in [0, 0.05) is 0 Å².